The number of fused-ring (bicyclic) bond motifs is 1. The number of aryl methyl sites for hydroxylation is 2. The Labute approximate surface area is 192 Å². The lowest BCUT2D eigenvalue weighted by atomic mass is 10.1. The van der Waals surface area contributed by atoms with Gasteiger partial charge >= 0.3 is 0 Å². The van der Waals surface area contributed by atoms with Crippen molar-refractivity contribution in [1.82, 2.24) is 24.7 Å². The quantitative estimate of drug-likeness (QED) is 0.409. The highest BCUT2D eigenvalue weighted by Crippen LogP contribution is 2.25. The molecule has 0 atom stereocenters. The van der Waals surface area contributed by atoms with Crippen molar-refractivity contribution < 1.29 is 18.7 Å². The summed E-state index contributed by atoms with van der Waals surface area (Å²) >= 11 is 0. The van der Waals surface area contributed by atoms with E-state index in [-0.39, 0.29) is 17.3 Å². The van der Waals surface area contributed by atoms with Crippen molar-refractivity contribution in [2.24, 2.45) is 0 Å². The van der Waals surface area contributed by atoms with Gasteiger partial charge in [-0.3, -0.25) is 14.8 Å². The van der Waals surface area contributed by atoms with Crippen molar-refractivity contribution in [1.29, 1.82) is 0 Å². The van der Waals surface area contributed by atoms with Crippen LogP contribution in [0.2, 0.25) is 0 Å². The lowest BCUT2D eigenvalue weighted by Gasteiger charge is -2.08. The third kappa shape index (κ3) is 3.90. The third-order valence-corrected chi connectivity index (χ3v) is 5.27. The molecule has 5 rings (SSSR count). The number of aliphatic hydroxyl groups is 1. The van der Waals surface area contributed by atoms with Gasteiger partial charge in [0.25, 0.3) is 5.91 Å². The summed E-state index contributed by atoms with van der Waals surface area (Å²) in [7, 11) is 0. The second-order valence-corrected chi connectivity index (χ2v) is 7.67. The fourth-order valence-corrected chi connectivity index (χ4v) is 3.63. The van der Waals surface area contributed by atoms with Crippen LogP contribution in [-0.2, 0) is 6.61 Å². The first-order valence-electron chi connectivity index (χ1n) is 10.4. The van der Waals surface area contributed by atoms with Gasteiger partial charge in [0, 0.05) is 23.6 Å². The Balaban J connectivity index is 1.47. The Kier molecular flexibility index (Phi) is 5.34. The molecule has 0 saturated heterocycles. The largest absolute Gasteiger partial charge is 0.433 e. The number of carbonyl (C=O) groups is 1. The van der Waals surface area contributed by atoms with E-state index < -0.39 is 18.3 Å². The number of anilines is 1. The average molecular weight is 458 g/mol. The van der Waals surface area contributed by atoms with Gasteiger partial charge in [0.05, 0.1) is 17.6 Å². The first-order valence-corrected chi connectivity index (χ1v) is 10.4. The minimum Gasteiger partial charge on any atom is -0.433 e. The first kappa shape index (κ1) is 21.4. The Hall–Kier alpha value is -4.44. The van der Waals surface area contributed by atoms with Gasteiger partial charge in [-0.1, -0.05) is 6.07 Å². The standard InChI is InChI=1S/C24H19FN6O3/c1-13-4-3-7-26-22(13)15-8-18-19(27-10-15)11-31(30-18)20-9-16(5-6-17(20)25)29-24(33)23-14(2)28-21(12-32)34-23/h3-11,32H,12H2,1-2H3,(H,29,33). The second-order valence-electron chi connectivity index (χ2n) is 7.67. The van der Waals surface area contributed by atoms with E-state index in [1.54, 1.807) is 25.5 Å². The zero-order valence-corrected chi connectivity index (χ0v) is 18.3. The minimum atomic E-state index is -0.565. The van der Waals surface area contributed by atoms with Crippen LogP contribution >= 0.6 is 0 Å². The molecule has 0 unspecified atom stereocenters. The smallest absolute Gasteiger partial charge is 0.293 e. The molecule has 4 heterocycles. The van der Waals surface area contributed by atoms with Crippen molar-refractivity contribution in [2.45, 2.75) is 20.5 Å². The van der Waals surface area contributed by atoms with Crippen molar-refractivity contribution >= 4 is 22.6 Å². The second kappa shape index (κ2) is 8.49. The van der Waals surface area contributed by atoms with E-state index in [1.165, 1.54) is 22.9 Å². The Morgan fingerprint density at radius 3 is 2.79 bits per heavy atom. The summed E-state index contributed by atoms with van der Waals surface area (Å²) in [6.07, 6.45) is 5.03. The van der Waals surface area contributed by atoms with E-state index >= 15 is 0 Å². The van der Waals surface area contributed by atoms with E-state index in [4.69, 9.17) is 9.52 Å². The molecule has 2 N–H and O–H groups in total. The van der Waals surface area contributed by atoms with Crippen LogP contribution in [0.3, 0.4) is 0 Å². The molecule has 0 radical (unpaired) electrons. The molecule has 0 aliphatic rings. The number of rotatable bonds is 5. The number of nitrogens with zero attached hydrogens (tertiary/aromatic N) is 5. The van der Waals surface area contributed by atoms with Crippen LogP contribution in [0.4, 0.5) is 10.1 Å². The minimum absolute atomic E-state index is 0.0266. The SMILES string of the molecule is Cc1cccnc1-c1cnc2cn(-c3cc(NC(=O)c4oc(CO)nc4C)ccc3F)nc2c1. The normalized spacial score (nSPS) is 11.2. The van der Waals surface area contributed by atoms with Gasteiger partial charge in [-0.25, -0.2) is 14.1 Å². The molecule has 0 saturated carbocycles. The number of nitrogens with one attached hydrogen (secondary N) is 1. The number of aromatic nitrogens is 5. The zero-order valence-electron chi connectivity index (χ0n) is 18.3. The average Bonchev–Trinajstić information content (AvgIpc) is 3.43. The summed E-state index contributed by atoms with van der Waals surface area (Å²) in [6, 6.07) is 9.80. The van der Waals surface area contributed by atoms with Crippen LogP contribution in [-0.4, -0.2) is 35.7 Å². The fraction of sp³-hybridized carbons (Fsp3) is 0.125. The molecule has 1 amide bonds. The Morgan fingerprint density at radius 1 is 1.18 bits per heavy atom. The monoisotopic (exact) mass is 458 g/mol. The van der Waals surface area contributed by atoms with Gasteiger partial charge in [0.2, 0.25) is 11.7 Å². The molecule has 10 heteroatoms. The van der Waals surface area contributed by atoms with Gasteiger partial charge in [0.15, 0.2) is 0 Å². The molecule has 1 aromatic carbocycles. The maximum Gasteiger partial charge on any atom is 0.293 e. The molecule has 170 valence electrons. The molecule has 9 nitrogen and oxygen atoms in total. The van der Waals surface area contributed by atoms with E-state index in [0.29, 0.717) is 22.4 Å². The zero-order chi connectivity index (χ0) is 23.8. The number of halogens is 1. The summed E-state index contributed by atoms with van der Waals surface area (Å²) in [6.45, 7) is 3.14. The summed E-state index contributed by atoms with van der Waals surface area (Å²) < 4.78 is 21.3. The summed E-state index contributed by atoms with van der Waals surface area (Å²) in [5.74, 6) is -1.07. The van der Waals surface area contributed by atoms with E-state index in [9.17, 15) is 9.18 Å². The number of benzene rings is 1. The van der Waals surface area contributed by atoms with Gasteiger partial charge < -0.3 is 14.8 Å². The molecule has 4 aromatic heterocycles. The van der Waals surface area contributed by atoms with Gasteiger partial charge in [-0.2, -0.15) is 5.10 Å². The maximum atomic E-state index is 14.7. The summed E-state index contributed by atoms with van der Waals surface area (Å²) in [5.41, 5.74) is 4.58. The predicted octanol–water partition coefficient (Wildman–Crippen LogP) is 3.97. The van der Waals surface area contributed by atoms with Crippen LogP contribution in [0.5, 0.6) is 0 Å². The number of carbonyl (C=O) groups excluding carboxylic acids is 1. The Bertz CT molecular complexity index is 1540. The predicted molar refractivity (Wildman–Crippen MR) is 122 cm³/mol. The molecular formula is C24H19FN6O3. The van der Waals surface area contributed by atoms with Crippen molar-refractivity contribution in [3.63, 3.8) is 0 Å². The lowest BCUT2D eigenvalue weighted by molar-refractivity contribution is 0.0991. The highest BCUT2D eigenvalue weighted by atomic mass is 19.1. The summed E-state index contributed by atoms with van der Waals surface area (Å²) in [5, 5.41) is 16.3. The van der Waals surface area contributed by atoms with Gasteiger partial charge in [-0.05, 0) is 49.7 Å². The number of amides is 1. The van der Waals surface area contributed by atoms with Crippen LogP contribution in [0, 0.1) is 19.7 Å². The third-order valence-electron chi connectivity index (χ3n) is 5.27. The highest BCUT2D eigenvalue weighted by molar-refractivity contribution is 6.03. The van der Waals surface area contributed by atoms with Crippen molar-refractivity contribution in [3.05, 3.63) is 83.7 Å². The van der Waals surface area contributed by atoms with Crippen molar-refractivity contribution in [2.75, 3.05) is 5.32 Å². The molecule has 0 aliphatic carbocycles. The number of pyridine rings is 2. The topological polar surface area (TPSA) is 119 Å². The number of oxazole rings is 1. The number of aliphatic hydroxyl groups excluding tert-OH is 1. The van der Waals surface area contributed by atoms with E-state index in [1.807, 2.05) is 25.1 Å². The molecule has 0 fully saturated rings. The lowest BCUT2D eigenvalue weighted by Crippen LogP contribution is -2.13. The fourth-order valence-electron chi connectivity index (χ4n) is 3.63. The molecule has 0 spiro atoms. The summed E-state index contributed by atoms with van der Waals surface area (Å²) in [4.78, 5) is 25.4. The maximum absolute atomic E-state index is 14.7. The number of hydrogen-bond donors (Lipinski definition) is 2. The molecule has 0 bridgehead atoms. The molecule has 5 aromatic rings. The van der Waals surface area contributed by atoms with Crippen LogP contribution in [0.25, 0.3) is 28.0 Å². The van der Waals surface area contributed by atoms with Crippen LogP contribution in [0.15, 0.2) is 59.4 Å². The van der Waals surface area contributed by atoms with Crippen LogP contribution < -0.4 is 5.32 Å². The van der Waals surface area contributed by atoms with Crippen LogP contribution in [0.1, 0.15) is 27.7 Å². The number of hydrogen-bond acceptors (Lipinski definition) is 7. The van der Waals surface area contributed by atoms with Gasteiger partial charge in [-0.15, -0.1) is 0 Å². The van der Waals surface area contributed by atoms with E-state index in [2.05, 4.69) is 25.4 Å². The molecule has 0 aliphatic heterocycles. The van der Waals surface area contributed by atoms with Gasteiger partial charge in [0.1, 0.15) is 29.1 Å². The highest BCUT2D eigenvalue weighted by Gasteiger charge is 2.18. The molecule has 34 heavy (non-hydrogen) atoms. The van der Waals surface area contributed by atoms with Crippen molar-refractivity contribution in [3.8, 4) is 16.9 Å². The Morgan fingerprint density at radius 2 is 2.03 bits per heavy atom. The van der Waals surface area contributed by atoms with E-state index in [0.717, 1.165) is 16.8 Å². The first-order chi connectivity index (χ1) is 16.4. The molecular weight excluding hydrogens is 439 g/mol.